The van der Waals surface area contributed by atoms with Crippen molar-refractivity contribution in [2.75, 3.05) is 13.7 Å². The summed E-state index contributed by atoms with van der Waals surface area (Å²) < 4.78 is 16.7. The number of carbonyl (C=O) groups is 2. The first kappa shape index (κ1) is 20.6. The van der Waals surface area contributed by atoms with Gasteiger partial charge in [0.2, 0.25) is 0 Å². The first-order chi connectivity index (χ1) is 12.1. The van der Waals surface area contributed by atoms with Gasteiger partial charge in [0.1, 0.15) is 0 Å². The van der Waals surface area contributed by atoms with Crippen LogP contribution in [-0.4, -0.2) is 34.0 Å². The van der Waals surface area contributed by atoms with Crippen LogP contribution in [-0.2, 0) is 18.7 Å². The van der Waals surface area contributed by atoms with Crippen LogP contribution < -0.4 is 0 Å². The molecule has 26 heavy (non-hydrogen) atoms. The zero-order chi connectivity index (χ0) is 19.5. The number of ether oxygens (including phenoxy) is 2. The van der Waals surface area contributed by atoms with Gasteiger partial charge in [-0.25, -0.2) is 4.79 Å². The van der Waals surface area contributed by atoms with E-state index in [9.17, 15) is 9.59 Å². The van der Waals surface area contributed by atoms with E-state index in [2.05, 4.69) is 33.9 Å². The molecule has 2 atom stereocenters. The maximum atomic E-state index is 12.4. The predicted molar refractivity (Wildman–Crippen MR) is 102 cm³/mol. The molecule has 6 heteroatoms. The molecule has 0 radical (unpaired) electrons. The molecule has 0 aliphatic carbocycles. The zero-order valence-corrected chi connectivity index (χ0v) is 17.6. The standard InChI is InChI=1S/C20H30O5Si/c1-20(2,3)26(5,6)25-17(16-8-7-13-24-19(16)22)14-9-11-15(12-10-14)18(21)23-4/h9-12,16-17H,7-8,13H2,1-6H3. The fourth-order valence-electron chi connectivity index (χ4n) is 2.78. The number of carbonyl (C=O) groups excluding carboxylic acids is 2. The van der Waals surface area contributed by atoms with Gasteiger partial charge < -0.3 is 13.9 Å². The summed E-state index contributed by atoms with van der Waals surface area (Å²) in [6.45, 7) is 11.4. The lowest BCUT2D eigenvalue weighted by atomic mass is 9.90. The molecule has 0 bridgehead atoms. The molecule has 1 saturated heterocycles. The molecule has 1 aromatic carbocycles. The normalized spacial score (nSPS) is 19.6. The minimum Gasteiger partial charge on any atom is -0.465 e. The molecule has 2 unspecified atom stereocenters. The molecule has 0 aromatic heterocycles. The van der Waals surface area contributed by atoms with E-state index in [4.69, 9.17) is 13.9 Å². The molecule has 1 fully saturated rings. The lowest BCUT2D eigenvalue weighted by Gasteiger charge is -2.41. The van der Waals surface area contributed by atoms with Crippen LogP contribution in [0.2, 0.25) is 18.1 Å². The summed E-state index contributed by atoms with van der Waals surface area (Å²) >= 11 is 0. The SMILES string of the molecule is COC(=O)c1ccc(C(O[Si](C)(C)C(C)(C)C)C2CCCOC2=O)cc1. The van der Waals surface area contributed by atoms with Crippen LogP contribution >= 0.6 is 0 Å². The van der Waals surface area contributed by atoms with Gasteiger partial charge in [-0.1, -0.05) is 32.9 Å². The Morgan fingerprint density at radius 3 is 2.35 bits per heavy atom. The number of methoxy groups -OCH3 is 1. The fraction of sp³-hybridized carbons (Fsp3) is 0.600. The van der Waals surface area contributed by atoms with Crippen molar-refractivity contribution in [1.82, 2.24) is 0 Å². The minimum atomic E-state index is -2.11. The molecule has 1 heterocycles. The van der Waals surface area contributed by atoms with E-state index < -0.39 is 8.32 Å². The lowest BCUT2D eigenvalue weighted by molar-refractivity contribution is -0.157. The van der Waals surface area contributed by atoms with Gasteiger partial charge in [-0.2, -0.15) is 0 Å². The Kier molecular flexibility index (Phi) is 6.29. The van der Waals surface area contributed by atoms with Gasteiger partial charge in [0.25, 0.3) is 0 Å². The van der Waals surface area contributed by atoms with E-state index in [1.807, 2.05) is 12.1 Å². The number of rotatable bonds is 5. The molecule has 0 saturated carbocycles. The highest BCUT2D eigenvalue weighted by Crippen LogP contribution is 2.43. The molecular formula is C20H30O5Si. The van der Waals surface area contributed by atoms with E-state index in [0.29, 0.717) is 12.2 Å². The third-order valence-electron chi connectivity index (χ3n) is 5.46. The van der Waals surface area contributed by atoms with Crippen molar-refractivity contribution in [3.05, 3.63) is 35.4 Å². The van der Waals surface area contributed by atoms with Gasteiger partial charge >= 0.3 is 11.9 Å². The van der Waals surface area contributed by atoms with Crippen LogP contribution in [0.3, 0.4) is 0 Å². The number of cyclic esters (lactones) is 1. The van der Waals surface area contributed by atoms with Crippen LogP contribution in [0.5, 0.6) is 0 Å². The Balaban J connectivity index is 2.37. The number of hydrogen-bond donors (Lipinski definition) is 0. The van der Waals surface area contributed by atoms with Crippen molar-refractivity contribution in [2.24, 2.45) is 5.92 Å². The van der Waals surface area contributed by atoms with E-state index in [1.54, 1.807) is 12.1 Å². The summed E-state index contributed by atoms with van der Waals surface area (Å²) in [4.78, 5) is 24.1. The van der Waals surface area contributed by atoms with Crippen molar-refractivity contribution >= 4 is 20.3 Å². The van der Waals surface area contributed by atoms with Gasteiger partial charge in [0, 0.05) is 0 Å². The maximum absolute atomic E-state index is 12.4. The van der Waals surface area contributed by atoms with Crippen LogP contribution in [0.15, 0.2) is 24.3 Å². The Hall–Kier alpha value is -1.66. The van der Waals surface area contributed by atoms with Gasteiger partial charge in [0.05, 0.1) is 31.3 Å². The third kappa shape index (κ3) is 4.54. The maximum Gasteiger partial charge on any atom is 0.337 e. The van der Waals surface area contributed by atoms with E-state index in [0.717, 1.165) is 18.4 Å². The summed E-state index contributed by atoms with van der Waals surface area (Å²) in [5.41, 5.74) is 1.37. The van der Waals surface area contributed by atoms with Crippen molar-refractivity contribution in [2.45, 2.75) is 57.8 Å². The molecule has 5 nitrogen and oxygen atoms in total. The molecule has 144 valence electrons. The second-order valence-electron chi connectivity index (χ2n) is 8.33. The summed E-state index contributed by atoms with van der Waals surface area (Å²) in [5.74, 6) is -0.894. The number of hydrogen-bond acceptors (Lipinski definition) is 5. The Morgan fingerprint density at radius 1 is 1.23 bits per heavy atom. The summed E-state index contributed by atoms with van der Waals surface area (Å²) in [6, 6.07) is 7.15. The van der Waals surface area contributed by atoms with E-state index >= 15 is 0 Å². The largest absolute Gasteiger partial charge is 0.465 e. The molecule has 1 aliphatic rings. The molecule has 0 spiro atoms. The van der Waals surface area contributed by atoms with E-state index in [-0.39, 0.29) is 29.0 Å². The van der Waals surface area contributed by atoms with Gasteiger partial charge in [-0.15, -0.1) is 0 Å². The van der Waals surface area contributed by atoms with Crippen molar-refractivity contribution in [3.63, 3.8) is 0 Å². The molecule has 0 amide bonds. The molecule has 1 aliphatic heterocycles. The highest BCUT2D eigenvalue weighted by atomic mass is 28.4. The average Bonchev–Trinajstić information content (AvgIpc) is 2.59. The first-order valence-electron chi connectivity index (χ1n) is 9.09. The molecule has 1 aromatic rings. The minimum absolute atomic E-state index is 0.0236. The number of esters is 2. The third-order valence-corrected chi connectivity index (χ3v) is 9.92. The summed E-state index contributed by atoms with van der Waals surface area (Å²) in [7, 11) is -0.747. The summed E-state index contributed by atoms with van der Waals surface area (Å²) in [6.07, 6.45) is 1.22. The van der Waals surface area contributed by atoms with Gasteiger partial charge in [-0.05, 0) is 48.7 Å². The number of benzene rings is 1. The Morgan fingerprint density at radius 2 is 1.85 bits per heavy atom. The van der Waals surface area contributed by atoms with Gasteiger partial charge in [-0.3, -0.25) is 4.79 Å². The second-order valence-corrected chi connectivity index (χ2v) is 13.1. The molecule has 0 N–H and O–H groups in total. The van der Waals surface area contributed by atoms with Crippen molar-refractivity contribution in [1.29, 1.82) is 0 Å². The monoisotopic (exact) mass is 378 g/mol. The van der Waals surface area contributed by atoms with Crippen LogP contribution in [0.1, 0.15) is 55.6 Å². The average molecular weight is 379 g/mol. The first-order valence-corrected chi connectivity index (χ1v) is 12.0. The summed E-state index contributed by atoms with van der Waals surface area (Å²) in [5, 5.41) is 0.0236. The highest BCUT2D eigenvalue weighted by Gasteiger charge is 2.43. The van der Waals surface area contributed by atoms with Crippen LogP contribution in [0.25, 0.3) is 0 Å². The zero-order valence-electron chi connectivity index (χ0n) is 16.6. The topological polar surface area (TPSA) is 61.8 Å². The second kappa shape index (κ2) is 7.92. The van der Waals surface area contributed by atoms with Gasteiger partial charge in [0.15, 0.2) is 8.32 Å². The smallest absolute Gasteiger partial charge is 0.337 e. The van der Waals surface area contributed by atoms with Crippen molar-refractivity contribution < 1.29 is 23.5 Å². The predicted octanol–water partition coefficient (Wildman–Crippen LogP) is 4.49. The quantitative estimate of drug-likeness (QED) is 0.558. The van der Waals surface area contributed by atoms with Crippen LogP contribution in [0, 0.1) is 5.92 Å². The van der Waals surface area contributed by atoms with Crippen LogP contribution in [0.4, 0.5) is 0 Å². The van der Waals surface area contributed by atoms with Crippen molar-refractivity contribution in [3.8, 4) is 0 Å². The molecular weight excluding hydrogens is 348 g/mol. The fourth-order valence-corrected chi connectivity index (χ4v) is 4.07. The highest BCUT2D eigenvalue weighted by molar-refractivity contribution is 6.74. The van der Waals surface area contributed by atoms with E-state index in [1.165, 1.54) is 7.11 Å². The lowest BCUT2D eigenvalue weighted by Crippen LogP contribution is -2.44. The molecule has 2 rings (SSSR count). The Labute approximate surface area is 157 Å². The Bertz CT molecular complexity index is 645.